The van der Waals surface area contributed by atoms with Gasteiger partial charge in [0.1, 0.15) is 18.3 Å². The van der Waals surface area contributed by atoms with Crippen LogP contribution in [0.4, 0.5) is 0 Å². The van der Waals surface area contributed by atoms with Crippen LogP contribution < -0.4 is 5.56 Å². The standard InChI is InChI=1S/C23H26N6O2/c1-2-16-8-9-20-17(13-16)14-19(23(30)24-20)21(28-10-4-3-5-11-28)22-25-26-27-29(22)15-18-7-6-12-31-18/h6-9,12-14,21H,2-5,10-11,15H2,1H3,(H,24,30). The van der Waals surface area contributed by atoms with Gasteiger partial charge in [-0.25, -0.2) is 4.68 Å². The second kappa shape index (κ2) is 8.47. The summed E-state index contributed by atoms with van der Waals surface area (Å²) in [7, 11) is 0. The van der Waals surface area contributed by atoms with Crippen molar-refractivity contribution < 1.29 is 4.42 Å². The summed E-state index contributed by atoms with van der Waals surface area (Å²) in [5.74, 6) is 1.43. The van der Waals surface area contributed by atoms with E-state index in [2.05, 4.69) is 44.5 Å². The molecule has 4 aromatic rings. The number of tetrazole rings is 1. The Hall–Kier alpha value is -3.26. The van der Waals surface area contributed by atoms with Crippen LogP contribution in [0.25, 0.3) is 10.9 Å². The summed E-state index contributed by atoms with van der Waals surface area (Å²) < 4.78 is 7.24. The molecule has 8 heteroatoms. The number of furan rings is 1. The molecular formula is C23H26N6O2. The highest BCUT2D eigenvalue weighted by Crippen LogP contribution is 2.29. The van der Waals surface area contributed by atoms with Crippen LogP contribution in [-0.4, -0.2) is 43.2 Å². The van der Waals surface area contributed by atoms with Gasteiger partial charge in [-0.1, -0.05) is 19.4 Å². The van der Waals surface area contributed by atoms with E-state index in [1.807, 2.05) is 24.3 Å². The van der Waals surface area contributed by atoms with Crippen LogP contribution in [0.2, 0.25) is 0 Å². The van der Waals surface area contributed by atoms with Crippen molar-refractivity contribution in [3.05, 3.63) is 75.7 Å². The molecule has 31 heavy (non-hydrogen) atoms. The Morgan fingerprint density at radius 1 is 1.16 bits per heavy atom. The van der Waals surface area contributed by atoms with Gasteiger partial charge < -0.3 is 9.40 Å². The van der Waals surface area contributed by atoms with Crippen LogP contribution in [0.5, 0.6) is 0 Å². The molecule has 1 unspecified atom stereocenters. The number of H-pyrrole nitrogens is 1. The van der Waals surface area contributed by atoms with E-state index in [1.165, 1.54) is 12.0 Å². The van der Waals surface area contributed by atoms with E-state index < -0.39 is 0 Å². The number of benzene rings is 1. The molecule has 1 fully saturated rings. The summed E-state index contributed by atoms with van der Waals surface area (Å²) in [5.41, 5.74) is 2.67. The van der Waals surface area contributed by atoms with Gasteiger partial charge in [0.15, 0.2) is 5.82 Å². The molecule has 1 aliphatic heterocycles. The fourth-order valence-electron chi connectivity index (χ4n) is 4.44. The van der Waals surface area contributed by atoms with Crippen LogP contribution >= 0.6 is 0 Å². The number of hydrogen-bond donors (Lipinski definition) is 1. The van der Waals surface area contributed by atoms with Crippen LogP contribution in [0.15, 0.2) is 51.9 Å². The summed E-state index contributed by atoms with van der Waals surface area (Å²) in [6, 6.07) is 11.6. The predicted molar refractivity (Wildman–Crippen MR) is 117 cm³/mol. The molecule has 1 N–H and O–H groups in total. The Balaban J connectivity index is 1.63. The van der Waals surface area contributed by atoms with Crippen molar-refractivity contribution in [1.29, 1.82) is 0 Å². The number of rotatable bonds is 6. The van der Waals surface area contributed by atoms with Crippen molar-refractivity contribution in [2.24, 2.45) is 0 Å². The number of fused-ring (bicyclic) bond motifs is 1. The zero-order valence-corrected chi connectivity index (χ0v) is 17.6. The van der Waals surface area contributed by atoms with Gasteiger partial charge in [0, 0.05) is 11.1 Å². The minimum absolute atomic E-state index is 0.0973. The molecule has 3 aromatic heterocycles. The van der Waals surface area contributed by atoms with Crippen molar-refractivity contribution >= 4 is 10.9 Å². The van der Waals surface area contributed by atoms with E-state index in [0.717, 1.165) is 49.0 Å². The van der Waals surface area contributed by atoms with Gasteiger partial charge in [-0.15, -0.1) is 5.10 Å². The fraction of sp³-hybridized carbons (Fsp3) is 0.391. The molecule has 1 saturated heterocycles. The number of aromatic amines is 1. The number of nitrogens with one attached hydrogen (secondary N) is 1. The second-order valence-corrected chi connectivity index (χ2v) is 8.10. The fourth-order valence-corrected chi connectivity index (χ4v) is 4.44. The average Bonchev–Trinajstić information content (AvgIpc) is 3.48. The number of likely N-dealkylation sites (tertiary alicyclic amines) is 1. The highest BCUT2D eigenvalue weighted by atomic mass is 16.3. The number of piperidine rings is 1. The molecule has 0 amide bonds. The maximum Gasteiger partial charge on any atom is 0.253 e. The minimum Gasteiger partial charge on any atom is -0.467 e. The lowest BCUT2D eigenvalue weighted by atomic mass is 9.99. The van der Waals surface area contributed by atoms with Gasteiger partial charge in [-0.2, -0.15) is 0 Å². The molecule has 4 heterocycles. The maximum absolute atomic E-state index is 13.2. The lowest BCUT2D eigenvalue weighted by Gasteiger charge is -2.33. The Morgan fingerprint density at radius 2 is 2.03 bits per heavy atom. The third-order valence-corrected chi connectivity index (χ3v) is 6.09. The minimum atomic E-state index is -0.316. The first-order valence-corrected chi connectivity index (χ1v) is 10.9. The van der Waals surface area contributed by atoms with Crippen LogP contribution in [0, 0.1) is 0 Å². The Kier molecular flexibility index (Phi) is 5.38. The topological polar surface area (TPSA) is 92.8 Å². The van der Waals surface area contributed by atoms with Gasteiger partial charge in [0.05, 0.1) is 6.26 Å². The molecular weight excluding hydrogens is 392 g/mol. The second-order valence-electron chi connectivity index (χ2n) is 8.10. The van der Waals surface area contributed by atoms with Gasteiger partial charge in [0.2, 0.25) is 0 Å². The number of pyridine rings is 1. The van der Waals surface area contributed by atoms with E-state index in [1.54, 1.807) is 10.9 Å². The molecule has 0 bridgehead atoms. The number of nitrogens with zero attached hydrogens (tertiary/aromatic N) is 5. The Bertz CT molecular complexity index is 1220. The number of hydrogen-bond acceptors (Lipinski definition) is 6. The first-order valence-electron chi connectivity index (χ1n) is 10.9. The van der Waals surface area contributed by atoms with E-state index in [0.29, 0.717) is 17.9 Å². The monoisotopic (exact) mass is 418 g/mol. The third-order valence-electron chi connectivity index (χ3n) is 6.09. The van der Waals surface area contributed by atoms with Crippen molar-refractivity contribution in [1.82, 2.24) is 30.1 Å². The first kappa shape index (κ1) is 19.7. The molecule has 5 rings (SSSR count). The lowest BCUT2D eigenvalue weighted by Crippen LogP contribution is -2.38. The summed E-state index contributed by atoms with van der Waals surface area (Å²) in [6.07, 6.45) is 5.99. The normalized spacial score (nSPS) is 16.0. The van der Waals surface area contributed by atoms with E-state index in [-0.39, 0.29) is 11.6 Å². The van der Waals surface area contributed by atoms with Gasteiger partial charge in [-0.3, -0.25) is 9.69 Å². The largest absolute Gasteiger partial charge is 0.467 e. The Morgan fingerprint density at radius 3 is 2.81 bits per heavy atom. The Labute approximate surface area is 179 Å². The van der Waals surface area contributed by atoms with Crippen LogP contribution in [0.1, 0.15) is 54.9 Å². The van der Waals surface area contributed by atoms with Crippen molar-refractivity contribution in [3.8, 4) is 0 Å². The van der Waals surface area contributed by atoms with E-state index in [4.69, 9.17) is 4.42 Å². The van der Waals surface area contributed by atoms with Crippen molar-refractivity contribution in [2.45, 2.75) is 45.2 Å². The quantitative estimate of drug-likeness (QED) is 0.516. The van der Waals surface area contributed by atoms with E-state index in [9.17, 15) is 4.79 Å². The summed E-state index contributed by atoms with van der Waals surface area (Å²) in [5, 5.41) is 13.6. The molecule has 1 atom stereocenters. The highest BCUT2D eigenvalue weighted by molar-refractivity contribution is 5.80. The zero-order chi connectivity index (χ0) is 21.2. The summed E-state index contributed by atoms with van der Waals surface area (Å²) in [6.45, 7) is 4.37. The van der Waals surface area contributed by atoms with Gasteiger partial charge in [0.25, 0.3) is 5.56 Å². The maximum atomic E-state index is 13.2. The molecule has 1 aromatic carbocycles. The van der Waals surface area contributed by atoms with Crippen molar-refractivity contribution in [3.63, 3.8) is 0 Å². The third kappa shape index (κ3) is 3.90. The number of aromatic nitrogens is 5. The average molecular weight is 419 g/mol. The molecule has 8 nitrogen and oxygen atoms in total. The van der Waals surface area contributed by atoms with Crippen LogP contribution in [0.3, 0.4) is 0 Å². The molecule has 160 valence electrons. The predicted octanol–water partition coefficient (Wildman–Crippen LogP) is 3.29. The highest BCUT2D eigenvalue weighted by Gasteiger charge is 2.31. The first-order chi connectivity index (χ1) is 15.2. The molecule has 1 aliphatic rings. The van der Waals surface area contributed by atoms with E-state index >= 15 is 0 Å². The van der Waals surface area contributed by atoms with Gasteiger partial charge in [-0.05, 0) is 84.1 Å². The van der Waals surface area contributed by atoms with Crippen LogP contribution in [-0.2, 0) is 13.0 Å². The SMILES string of the molecule is CCc1ccc2[nH]c(=O)c(C(c3nnnn3Cc3ccco3)N3CCCCC3)cc2c1. The zero-order valence-electron chi connectivity index (χ0n) is 17.6. The van der Waals surface area contributed by atoms with Crippen molar-refractivity contribution in [2.75, 3.05) is 13.1 Å². The molecule has 0 aliphatic carbocycles. The lowest BCUT2D eigenvalue weighted by molar-refractivity contribution is 0.176. The molecule has 0 radical (unpaired) electrons. The van der Waals surface area contributed by atoms with Gasteiger partial charge >= 0.3 is 0 Å². The molecule has 0 spiro atoms. The molecule has 0 saturated carbocycles. The smallest absolute Gasteiger partial charge is 0.253 e. The summed E-state index contributed by atoms with van der Waals surface area (Å²) in [4.78, 5) is 18.6. The number of aryl methyl sites for hydroxylation is 1. The summed E-state index contributed by atoms with van der Waals surface area (Å²) >= 11 is 0.